The summed E-state index contributed by atoms with van der Waals surface area (Å²) < 4.78 is 43.2. The Labute approximate surface area is 200 Å². The van der Waals surface area contributed by atoms with E-state index >= 15 is 0 Å². The molecule has 2 atom stereocenters. The maximum Gasteiger partial charge on any atom is 0.281 e. The molecule has 1 aliphatic heterocycles. The second-order valence-electron chi connectivity index (χ2n) is 7.32. The molecular weight excluding hydrogens is 487 g/mol. The number of anilines is 1. The first-order chi connectivity index (χ1) is 15.8. The van der Waals surface area contributed by atoms with Gasteiger partial charge >= 0.3 is 0 Å². The minimum atomic E-state index is -3.98. The van der Waals surface area contributed by atoms with E-state index in [2.05, 4.69) is 21.6 Å². The van der Waals surface area contributed by atoms with E-state index in [1.807, 2.05) is 30.3 Å². The molecule has 33 heavy (non-hydrogen) atoms. The minimum Gasteiger partial charge on any atom is -0.325 e. The molecule has 0 radical (unpaired) electrons. The van der Waals surface area contributed by atoms with Gasteiger partial charge in [0.25, 0.3) is 10.2 Å². The highest BCUT2D eigenvalue weighted by Crippen LogP contribution is 2.36. The van der Waals surface area contributed by atoms with Crippen molar-refractivity contribution in [3.05, 3.63) is 83.1 Å². The van der Waals surface area contributed by atoms with E-state index in [1.54, 1.807) is 6.20 Å². The van der Waals surface area contributed by atoms with E-state index in [0.29, 0.717) is 0 Å². The van der Waals surface area contributed by atoms with E-state index in [0.717, 1.165) is 25.8 Å². The highest BCUT2D eigenvalue weighted by atomic mass is 35.5. The molecule has 3 heterocycles. The number of rotatable bonds is 6. The van der Waals surface area contributed by atoms with E-state index in [1.165, 1.54) is 29.5 Å². The van der Waals surface area contributed by atoms with Gasteiger partial charge in [0.15, 0.2) is 0 Å². The lowest BCUT2D eigenvalue weighted by atomic mass is 10.0. The zero-order valence-corrected chi connectivity index (χ0v) is 19.6. The molecule has 1 aromatic carbocycles. The van der Waals surface area contributed by atoms with Gasteiger partial charge in [0.2, 0.25) is 5.91 Å². The van der Waals surface area contributed by atoms with Crippen molar-refractivity contribution < 1.29 is 17.6 Å². The largest absolute Gasteiger partial charge is 0.325 e. The molecule has 4 rings (SSSR count). The van der Waals surface area contributed by atoms with Crippen LogP contribution in [0.4, 0.5) is 10.1 Å². The number of pyridine rings is 1. The van der Waals surface area contributed by atoms with Crippen LogP contribution in [-0.4, -0.2) is 36.2 Å². The number of nitrogens with zero attached hydrogens (tertiary/aromatic N) is 2. The Morgan fingerprint density at radius 3 is 2.85 bits per heavy atom. The van der Waals surface area contributed by atoms with Crippen molar-refractivity contribution in [2.24, 2.45) is 0 Å². The van der Waals surface area contributed by atoms with Crippen LogP contribution in [0, 0.1) is 5.82 Å². The summed E-state index contributed by atoms with van der Waals surface area (Å²) in [5.74, 6) is -1.16. The van der Waals surface area contributed by atoms with Gasteiger partial charge in [-0.1, -0.05) is 23.7 Å². The third-order valence-corrected chi connectivity index (χ3v) is 8.21. The van der Waals surface area contributed by atoms with Crippen molar-refractivity contribution in [3.8, 4) is 10.6 Å². The van der Waals surface area contributed by atoms with Crippen LogP contribution in [0.3, 0.4) is 0 Å². The summed E-state index contributed by atoms with van der Waals surface area (Å²) in [6, 6.07) is 11.4. The molecule has 2 aromatic heterocycles. The van der Waals surface area contributed by atoms with Crippen molar-refractivity contribution in [2.75, 3.05) is 11.9 Å². The van der Waals surface area contributed by atoms with E-state index < -0.39 is 34.0 Å². The maximum absolute atomic E-state index is 13.5. The molecule has 7 nitrogen and oxygen atoms in total. The SMILES string of the molecule is C=CCN1C(C(=O)Nc2ccc(F)c(Cl)c2)CC(c2ccc(-c3ccccn3)s2)NS1(=O)=O. The number of benzene rings is 1. The molecule has 2 N–H and O–H groups in total. The van der Waals surface area contributed by atoms with Gasteiger partial charge in [-0.3, -0.25) is 9.78 Å². The highest BCUT2D eigenvalue weighted by molar-refractivity contribution is 7.87. The molecular formula is C22H20ClFN4O3S2. The predicted molar refractivity (Wildman–Crippen MR) is 128 cm³/mol. The summed E-state index contributed by atoms with van der Waals surface area (Å²) in [6.45, 7) is 3.56. The number of halogens is 2. The zero-order chi connectivity index (χ0) is 23.6. The molecule has 1 aliphatic rings. The summed E-state index contributed by atoms with van der Waals surface area (Å²) in [5, 5.41) is 2.50. The van der Waals surface area contributed by atoms with Crippen LogP contribution in [0.5, 0.6) is 0 Å². The number of hydrogen-bond donors (Lipinski definition) is 2. The Morgan fingerprint density at radius 2 is 2.15 bits per heavy atom. The normalized spacial score (nSPS) is 20.3. The molecule has 11 heteroatoms. The van der Waals surface area contributed by atoms with Gasteiger partial charge in [-0.25, -0.2) is 4.39 Å². The van der Waals surface area contributed by atoms with Crippen LogP contribution in [0.15, 0.2) is 67.4 Å². The molecule has 2 unspecified atom stereocenters. The summed E-state index contributed by atoms with van der Waals surface area (Å²) >= 11 is 7.21. The first-order valence-electron chi connectivity index (χ1n) is 9.95. The average Bonchev–Trinajstić information content (AvgIpc) is 3.28. The summed E-state index contributed by atoms with van der Waals surface area (Å²) in [5.41, 5.74) is 1.05. The Bertz CT molecular complexity index is 1280. The van der Waals surface area contributed by atoms with Crippen LogP contribution < -0.4 is 10.0 Å². The Hall–Kier alpha value is -2.63. The predicted octanol–water partition coefficient (Wildman–Crippen LogP) is 4.38. The fourth-order valence-electron chi connectivity index (χ4n) is 3.55. The number of carbonyl (C=O) groups excluding carboxylic acids is 1. The molecule has 0 saturated carbocycles. The lowest BCUT2D eigenvalue weighted by Crippen LogP contribution is -2.57. The smallest absolute Gasteiger partial charge is 0.281 e. The summed E-state index contributed by atoms with van der Waals surface area (Å²) in [6.07, 6.45) is 3.29. The van der Waals surface area contributed by atoms with Crippen molar-refractivity contribution in [2.45, 2.75) is 18.5 Å². The Balaban J connectivity index is 1.61. The second-order valence-corrected chi connectivity index (χ2v) is 10.5. The quantitative estimate of drug-likeness (QED) is 0.485. The summed E-state index contributed by atoms with van der Waals surface area (Å²) in [4.78, 5) is 19.1. The van der Waals surface area contributed by atoms with Crippen LogP contribution >= 0.6 is 22.9 Å². The molecule has 1 amide bonds. The average molecular weight is 507 g/mol. The molecule has 1 fully saturated rings. The molecule has 0 bridgehead atoms. The van der Waals surface area contributed by atoms with Gasteiger partial charge in [-0.15, -0.1) is 17.9 Å². The highest BCUT2D eigenvalue weighted by Gasteiger charge is 2.42. The monoisotopic (exact) mass is 506 g/mol. The van der Waals surface area contributed by atoms with Crippen molar-refractivity contribution in [1.82, 2.24) is 14.0 Å². The Morgan fingerprint density at radius 1 is 1.33 bits per heavy atom. The third kappa shape index (κ3) is 5.15. The zero-order valence-electron chi connectivity index (χ0n) is 17.2. The molecule has 1 saturated heterocycles. The Kier molecular flexibility index (Phi) is 6.91. The number of thiophene rings is 1. The van der Waals surface area contributed by atoms with Crippen LogP contribution in [0.1, 0.15) is 17.3 Å². The number of aromatic nitrogens is 1. The number of hydrogen-bond acceptors (Lipinski definition) is 5. The van der Waals surface area contributed by atoms with Crippen molar-refractivity contribution in [3.63, 3.8) is 0 Å². The van der Waals surface area contributed by atoms with E-state index in [-0.39, 0.29) is 23.7 Å². The van der Waals surface area contributed by atoms with Gasteiger partial charge in [-0.2, -0.15) is 17.4 Å². The van der Waals surface area contributed by atoms with E-state index in [9.17, 15) is 17.6 Å². The van der Waals surface area contributed by atoms with Gasteiger partial charge in [0, 0.05) is 23.3 Å². The van der Waals surface area contributed by atoms with Crippen LogP contribution in [-0.2, 0) is 15.0 Å². The van der Waals surface area contributed by atoms with Gasteiger partial charge in [0.05, 0.1) is 21.6 Å². The summed E-state index contributed by atoms with van der Waals surface area (Å²) in [7, 11) is -3.98. The van der Waals surface area contributed by atoms with Gasteiger partial charge < -0.3 is 5.32 Å². The van der Waals surface area contributed by atoms with Crippen LogP contribution in [0.25, 0.3) is 10.6 Å². The fraction of sp³-hybridized carbons (Fsp3) is 0.182. The first-order valence-corrected chi connectivity index (χ1v) is 12.6. The van der Waals surface area contributed by atoms with Crippen molar-refractivity contribution in [1.29, 1.82) is 0 Å². The van der Waals surface area contributed by atoms with Gasteiger partial charge in [-0.05, 0) is 48.9 Å². The molecule has 172 valence electrons. The van der Waals surface area contributed by atoms with Gasteiger partial charge in [0.1, 0.15) is 11.9 Å². The number of carbonyl (C=O) groups is 1. The topological polar surface area (TPSA) is 91.4 Å². The third-order valence-electron chi connectivity index (χ3n) is 5.09. The fourth-order valence-corrected chi connectivity index (χ4v) is 6.39. The second kappa shape index (κ2) is 9.70. The molecule has 0 spiro atoms. The van der Waals surface area contributed by atoms with Crippen molar-refractivity contribution >= 4 is 44.7 Å². The maximum atomic E-state index is 13.5. The first kappa shape index (κ1) is 23.5. The number of nitrogens with one attached hydrogen (secondary N) is 2. The lowest BCUT2D eigenvalue weighted by molar-refractivity contribution is -0.120. The van der Waals surface area contributed by atoms with E-state index in [4.69, 9.17) is 11.6 Å². The standard InChI is InChI=1S/C22H20ClFN4O3S2/c1-2-11-28-19(22(29)26-14-6-7-16(24)15(23)12-14)13-18(27-33(28,30)31)21-9-8-20(32-21)17-5-3-4-10-25-17/h2-10,12,18-19,27H,1,11,13H2,(H,26,29). The minimum absolute atomic E-state index is 0.0477. The molecule has 3 aromatic rings. The number of amides is 1. The molecule has 0 aliphatic carbocycles. The lowest BCUT2D eigenvalue weighted by Gasteiger charge is -2.37. The van der Waals surface area contributed by atoms with Crippen LogP contribution in [0.2, 0.25) is 5.02 Å².